The highest BCUT2D eigenvalue weighted by Gasteiger charge is 2.39. The molecule has 1 aliphatic rings. The van der Waals surface area contributed by atoms with E-state index < -0.39 is 0 Å². The fraction of sp³-hybridized carbons (Fsp3) is 0.963. The molecule has 0 spiro atoms. The molecule has 1 aliphatic heterocycles. The van der Waals surface area contributed by atoms with Crippen LogP contribution < -0.4 is 5.32 Å². The molecule has 1 heterocycles. The predicted octanol–water partition coefficient (Wildman–Crippen LogP) is 8.10. The fourth-order valence-corrected chi connectivity index (χ4v) is 5.20. The second-order valence-corrected chi connectivity index (χ2v) is 11.1. The van der Waals surface area contributed by atoms with Crippen LogP contribution in [0.2, 0.25) is 0 Å². The average molecular weight is 424 g/mol. The Balaban J connectivity index is 1.90. The summed E-state index contributed by atoms with van der Waals surface area (Å²) in [6, 6.07) is 0. The lowest BCUT2D eigenvalue weighted by Gasteiger charge is -2.45. The van der Waals surface area contributed by atoms with E-state index >= 15 is 0 Å². The standard InChI is InChI=1S/C27H53NO2/c1-6-7-8-9-10-11-12-13-14-15-16-17-18-19-20-21-25(29)30-24-22-26(2,3)28-27(4,5)23-24/h24,28H,6-23H2,1-5H3. The van der Waals surface area contributed by atoms with Crippen molar-refractivity contribution in [2.24, 2.45) is 0 Å². The number of rotatable bonds is 17. The summed E-state index contributed by atoms with van der Waals surface area (Å²) >= 11 is 0. The van der Waals surface area contributed by atoms with Gasteiger partial charge in [0, 0.05) is 30.3 Å². The molecule has 0 atom stereocenters. The number of carbonyl (C=O) groups excluding carboxylic acids is 1. The minimum Gasteiger partial charge on any atom is -0.462 e. The molecule has 0 radical (unpaired) electrons. The lowest BCUT2D eigenvalue weighted by Crippen LogP contribution is -2.59. The van der Waals surface area contributed by atoms with Crippen molar-refractivity contribution in [3.8, 4) is 0 Å². The maximum absolute atomic E-state index is 12.2. The highest BCUT2D eigenvalue weighted by molar-refractivity contribution is 5.69. The number of piperidine rings is 1. The van der Waals surface area contributed by atoms with Crippen molar-refractivity contribution >= 4 is 5.97 Å². The van der Waals surface area contributed by atoms with Crippen molar-refractivity contribution in [2.75, 3.05) is 0 Å². The Labute approximate surface area is 188 Å². The quantitative estimate of drug-likeness (QED) is 0.190. The van der Waals surface area contributed by atoms with E-state index in [0.29, 0.717) is 6.42 Å². The Morgan fingerprint density at radius 2 is 1.07 bits per heavy atom. The zero-order chi connectivity index (χ0) is 22.3. The summed E-state index contributed by atoms with van der Waals surface area (Å²) in [5.41, 5.74) is 0.0582. The van der Waals surface area contributed by atoms with Gasteiger partial charge in [-0.05, 0) is 34.1 Å². The lowest BCUT2D eigenvalue weighted by atomic mass is 9.81. The number of carbonyl (C=O) groups is 1. The minimum absolute atomic E-state index is 0.00296. The summed E-state index contributed by atoms with van der Waals surface area (Å²) in [6.07, 6.45) is 22.7. The number of nitrogens with one attached hydrogen (secondary N) is 1. The summed E-state index contributed by atoms with van der Waals surface area (Å²) in [7, 11) is 0. The van der Waals surface area contributed by atoms with Gasteiger partial charge in [0.2, 0.25) is 0 Å². The van der Waals surface area contributed by atoms with Gasteiger partial charge in [-0.3, -0.25) is 4.79 Å². The van der Waals surface area contributed by atoms with Gasteiger partial charge in [-0.1, -0.05) is 96.8 Å². The van der Waals surface area contributed by atoms with E-state index in [9.17, 15) is 4.79 Å². The molecular formula is C27H53NO2. The molecule has 0 aliphatic carbocycles. The summed E-state index contributed by atoms with van der Waals surface area (Å²) < 4.78 is 5.80. The summed E-state index contributed by atoms with van der Waals surface area (Å²) in [4.78, 5) is 12.2. The summed E-state index contributed by atoms with van der Waals surface area (Å²) in [5, 5.41) is 3.64. The van der Waals surface area contributed by atoms with E-state index in [4.69, 9.17) is 4.74 Å². The molecule has 0 unspecified atom stereocenters. The zero-order valence-electron chi connectivity index (χ0n) is 21.1. The molecule has 1 N–H and O–H groups in total. The first-order valence-electron chi connectivity index (χ1n) is 13.2. The van der Waals surface area contributed by atoms with Crippen LogP contribution in [-0.2, 0) is 9.53 Å². The van der Waals surface area contributed by atoms with Crippen LogP contribution in [0.25, 0.3) is 0 Å². The first-order valence-corrected chi connectivity index (χ1v) is 13.2. The number of esters is 1. The van der Waals surface area contributed by atoms with Crippen LogP contribution in [0.4, 0.5) is 0 Å². The van der Waals surface area contributed by atoms with E-state index in [1.807, 2.05) is 0 Å². The summed E-state index contributed by atoms with van der Waals surface area (Å²) in [6.45, 7) is 11.1. The van der Waals surface area contributed by atoms with Crippen molar-refractivity contribution < 1.29 is 9.53 Å². The molecule has 0 saturated carbocycles. The van der Waals surface area contributed by atoms with Gasteiger partial charge < -0.3 is 10.1 Å². The smallest absolute Gasteiger partial charge is 0.306 e. The topological polar surface area (TPSA) is 38.3 Å². The van der Waals surface area contributed by atoms with Gasteiger partial charge in [0.05, 0.1) is 0 Å². The molecule has 0 aromatic carbocycles. The molecule has 30 heavy (non-hydrogen) atoms. The number of unbranched alkanes of at least 4 members (excludes halogenated alkanes) is 14. The predicted molar refractivity (Wildman–Crippen MR) is 130 cm³/mol. The molecule has 178 valence electrons. The van der Waals surface area contributed by atoms with Crippen molar-refractivity contribution in [3.05, 3.63) is 0 Å². The van der Waals surface area contributed by atoms with Gasteiger partial charge in [0.25, 0.3) is 0 Å². The minimum atomic E-state index is 0.00296. The SMILES string of the molecule is CCCCCCCCCCCCCCCCCC(=O)OC1CC(C)(C)NC(C)(C)C1. The molecule has 3 nitrogen and oxygen atoms in total. The van der Waals surface area contributed by atoms with E-state index in [0.717, 1.165) is 25.7 Å². The molecule has 1 fully saturated rings. The first-order chi connectivity index (χ1) is 14.2. The molecule has 0 amide bonds. The van der Waals surface area contributed by atoms with Crippen LogP contribution in [0.1, 0.15) is 150 Å². The second kappa shape index (κ2) is 15.3. The molecular weight excluding hydrogens is 370 g/mol. The van der Waals surface area contributed by atoms with Crippen LogP contribution in [-0.4, -0.2) is 23.2 Å². The molecule has 0 aromatic rings. The van der Waals surface area contributed by atoms with E-state index in [-0.39, 0.29) is 23.2 Å². The highest BCUT2D eigenvalue weighted by atomic mass is 16.5. The molecule has 3 heteroatoms. The van der Waals surface area contributed by atoms with Crippen molar-refractivity contribution in [3.63, 3.8) is 0 Å². The van der Waals surface area contributed by atoms with Gasteiger partial charge in [0.1, 0.15) is 6.10 Å². The third-order valence-electron chi connectivity index (χ3n) is 6.44. The van der Waals surface area contributed by atoms with E-state index in [2.05, 4.69) is 39.9 Å². The average Bonchev–Trinajstić information content (AvgIpc) is 2.62. The monoisotopic (exact) mass is 423 g/mol. The zero-order valence-corrected chi connectivity index (χ0v) is 21.1. The normalized spacial score (nSPS) is 18.4. The Morgan fingerprint density at radius 3 is 1.47 bits per heavy atom. The van der Waals surface area contributed by atoms with Crippen molar-refractivity contribution in [1.82, 2.24) is 5.32 Å². The van der Waals surface area contributed by atoms with Crippen LogP contribution in [0.5, 0.6) is 0 Å². The van der Waals surface area contributed by atoms with Crippen LogP contribution >= 0.6 is 0 Å². The largest absolute Gasteiger partial charge is 0.462 e. The lowest BCUT2D eigenvalue weighted by molar-refractivity contribution is -0.153. The molecule has 1 saturated heterocycles. The third kappa shape index (κ3) is 14.4. The maximum Gasteiger partial charge on any atom is 0.306 e. The summed E-state index contributed by atoms with van der Waals surface area (Å²) in [5.74, 6) is 0.00296. The van der Waals surface area contributed by atoms with E-state index in [1.165, 1.54) is 83.5 Å². The number of ether oxygens (including phenoxy) is 1. The van der Waals surface area contributed by atoms with E-state index in [1.54, 1.807) is 0 Å². The fourth-order valence-electron chi connectivity index (χ4n) is 5.20. The van der Waals surface area contributed by atoms with Gasteiger partial charge >= 0.3 is 5.97 Å². The molecule has 0 aromatic heterocycles. The second-order valence-electron chi connectivity index (χ2n) is 11.1. The first kappa shape index (κ1) is 27.5. The third-order valence-corrected chi connectivity index (χ3v) is 6.44. The Morgan fingerprint density at radius 1 is 0.700 bits per heavy atom. The van der Waals surface area contributed by atoms with Gasteiger partial charge in [-0.25, -0.2) is 0 Å². The van der Waals surface area contributed by atoms with Crippen molar-refractivity contribution in [1.29, 1.82) is 0 Å². The molecule has 1 rings (SSSR count). The number of hydrogen-bond donors (Lipinski definition) is 1. The number of hydrogen-bond acceptors (Lipinski definition) is 3. The van der Waals surface area contributed by atoms with Crippen LogP contribution in [0.3, 0.4) is 0 Å². The van der Waals surface area contributed by atoms with Gasteiger partial charge in [-0.15, -0.1) is 0 Å². The van der Waals surface area contributed by atoms with Gasteiger partial charge in [0.15, 0.2) is 0 Å². The van der Waals surface area contributed by atoms with Crippen LogP contribution in [0.15, 0.2) is 0 Å². The van der Waals surface area contributed by atoms with Crippen molar-refractivity contribution in [2.45, 2.75) is 167 Å². The Hall–Kier alpha value is -0.570. The van der Waals surface area contributed by atoms with Gasteiger partial charge in [-0.2, -0.15) is 0 Å². The Bertz CT molecular complexity index is 428. The van der Waals surface area contributed by atoms with Crippen LogP contribution in [0, 0.1) is 0 Å². The maximum atomic E-state index is 12.2. The molecule has 0 bridgehead atoms. The highest BCUT2D eigenvalue weighted by Crippen LogP contribution is 2.30. The Kier molecular flexibility index (Phi) is 14.0.